The Bertz CT molecular complexity index is 1200. The van der Waals surface area contributed by atoms with E-state index in [1.165, 1.54) is 16.9 Å². The van der Waals surface area contributed by atoms with E-state index in [9.17, 15) is 9.18 Å². The van der Waals surface area contributed by atoms with Crippen LogP contribution in [0.4, 0.5) is 4.39 Å². The highest BCUT2D eigenvalue weighted by Crippen LogP contribution is 2.24. The second-order valence-corrected chi connectivity index (χ2v) is 7.06. The van der Waals surface area contributed by atoms with Gasteiger partial charge in [-0.25, -0.2) is 9.07 Å². The molecule has 0 aliphatic rings. The minimum Gasteiger partial charge on any atom is -0.497 e. The van der Waals surface area contributed by atoms with Crippen molar-refractivity contribution < 1.29 is 13.9 Å². The number of hydrogen-bond donors (Lipinski definition) is 1. The van der Waals surface area contributed by atoms with Crippen LogP contribution in [-0.2, 0) is 6.54 Å². The number of methoxy groups -OCH3 is 1. The van der Waals surface area contributed by atoms with Crippen LogP contribution in [-0.4, -0.2) is 28.0 Å². The van der Waals surface area contributed by atoms with Crippen molar-refractivity contribution >= 4 is 16.7 Å². The average Bonchev–Trinajstić information content (AvgIpc) is 3.23. The predicted octanol–water partition coefficient (Wildman–Crippen LogP) is 4.12. The number of nitrogens with zero attached hydrogens (tertiary/aromatic N) is 3. The summed E-state index contributed by atoms with van der Waals surface area (Å²) in [6.45, 7) is 2.11. The minimum atomic E-state index is -0.336. The van der Waals surface area contributed by atoms with Crippen LogP contribution in [0.15, 0.2) is 66.9 Å². The van der Waals surface area contributed by atoms with Gasteiger partial charge in [0, 0.05) is 5.56 Å². The lowest BCUT2D eigenvalue weighted by atomic mass is 10.0. The first-order valence-corrected chi connectivity index (χ1v) is 9.55. The summed E-state index contributed by atoms with van der Waals surface area (Å²) in [6.07, 6.45) is 1.52. The molecule has 0 radical (unpaired) electrons. The molecule has 0 unspecified atom stereocenters. The predicted molar refractivity (Wildman–Crippen MR) is 112 cm³/mol. The molecule has 0 spiro atoms. The van der Waals surface area contributed by atoms with Crippen LogP contribution >= 0.6 is 0 Å². The maximum absolute atomic E-state index is 13.8. The Labute approximate surface area is 173 Å². The van der Waals surface area contributed by atoms with E-state index in [0.29, 0.717) is 5.56 Å². The molecule has 152 valence electrons. The Kier molecular flexibility index (Phi) is 5.43. The fourth-order valence-electron chi connectivity index (χ4n) is 3.27. The molecule has 30 heavy (non-hydrogen) atoms. The zero-order valence-electron chi connectivity index (χ0n) is 16.7. The third-order valence-electron chi connectivity index (χ3n) is 4.98. The minimum absolute atomic E-state index is 0.184. The van der Waals surface area contributed by atoms with E-state index in [1.807, 2.05) is 43.3 Å². The monoisotopic (exact) mass is 404 g/mol. The first kappa shape index (κ1) is 19.6. The highest BCUT2D eigenvalue weighted by atomic mass is 19.1. The largest absolute Gasteiger partial charge is 0.497 e. The third kappa shape index (κ3) is 4.15. The van der Waals surface area contributed by atoms with Gasteiger partial charge in [0.25, 0.3) is 5.91 Å². The molecule has 7 heteroatoms. The first-order chi connectivity index (χ1) is 14.5. The maximum atomic E-state index is 13.8. The number of carbonyl (C=O) groups is 1. The molecule has 4 aromatic rings. The van der Waals surface area contributed by atoms with E-state index < -0.39 is 0 Å². The Hall–Kier alpha value is -3.74. The van der Waals surface area contributed by atoms with Crippen molar-refractivity contribution in [3.63, 3.8) is 0 Å². The van der Waals surface area contributed by atoms with Crippen molar-refractivity contribution in [3.8, 4) is 5.75 Å². The van der Waals surface area contributed by atoms with Crippen molar-refractivity contribution in [1.82, 2.24) is 20.3 Å². The highest BCUT2D eigenvalue weighted by Gasteiger charge is 2.16. The smallest absolute Gasteiger partial charge is 0.273 e. The van der Waals surface area contributed by atoms with Crippen molar-refractivity contribution in [1.29, 1.82) is 0 Å². The van der Waals surface area contributed by atoms with Gasteiger partial charge >= 0.3 is 0 Å². The first-order valence-electron chi connectivity index (χ1n) is 9.55. The van der Waals surface area contributed by atoms with E-state index in [1.54, 1.807) is 25.3 Å². The Balaban J connectivity index is 1.45. The van der Waals surface area contributed by atoms with Crippen molar-refractivity contribution in [2.75, 3.05) is 7.11 Å². The van der Waals surface area contributed by atoms with Crippen molar-refractivity contribution in [3.05, 3.63) is 89.5 Å². The number of nitrogens with one attached hydrogen (secondary N) is 1. The normalized spacial score (nSPS) is 12.0. The van der Waals surface area contributed by atoms with Crippen LogP contribution in [0.25, 0.3) is 10.8 Å². The number of rotatable bonds is 6. The second kappa shape index (κ2) is 8.32. The average molecular weight is 404 g/mol. The lowest BCUT2D eigenvalue weighted by molar-refractivity contribution is 0.0934. The maximum Gasteiger partial charge on any atom is 0.273 e. The van der Waals surface area contributed by atoms with Crippen LogP contribution in [0, 0.1) is 5.82 Å². The van der Waals surface area contributed by atoms with E-state index in [0.717, 1.165) is 22.1 Å². The van der Waals surface area contributed by atoms with Gasteiger partial charge in [-0.15, -0.1) is 5.10 Å². The van der Waals surface area contributed by atoms with Gasteiger partial charge < -0.3 is 10.1 Å². The molecule has 0 fully saturated rings. The summed E-state index contributed by atoms with van der Waals surface area (Å²) < 4.78 is 20.5. The van der Waals surface area contributed by atoms with Gasteiger partial charge in [-0.2, -0.15) is 0 Å². The van der Waals surface area contributed by atoms with E-state index >= 15 is 0 Å². The highest BCUT2D eigenvalue weighted by molar-refractivity contribution is 5.92. The number of ether oxygens (including phenoxy) is 1. The quantitative estimate of drug-likeness (QED) is 0.525. The number of fused-ring (bicyclic) bond motifs is 1. The molecule has 1 N–H and O–H groups in total. The summed E-state index contributed by atoms with van der Waals surface area (Å²) >= 11 is 0. The fraction of sp³-hybridized carbons (Fsp3) is 0.174. The lowest BCUT2D eigenvalue weighted by Crippen LogP contribution is -2.27. The molecule has 1 heterocycles. The van der Waals surface area contributed by atoms with Gasteiger partial charge in [0.1, 0.15) is 11.6 Å². The summed E-state index contributed by atoms with van der Waals surface area (Å²) in [4.78, 5) is 12.6. The third-order valence-corrected chi connectivity index (χ3v) is 4.98. The molecule has 1 atom stereocenters. The number of halogens is 1. The van der Waals surface area contributed by atoms with Crippen molar-refractivity contribution in [2.45, 2.75) is 19.5 Å². The van der Waals surface area contributed by atoms with Crippen LogP contribution in [0.5, 0.6) is 5.75 Å². The van der Waals surface area contributed by atoms with Crippen LogP contribution in [0.1, 0.15) is 34.6 Å². The molecule has 1 aromatic heterocycles. The topological polar surface area (TPSA) is 69.0 Å². The van der Waals surface area contributed by atoms with Crippen molar-refractivity contribution in [2.24, 2.45) is 0 Å². The summed E-state index contributed by atoms with van der Waals surface area (Å²) in [5.41, 5.74) is 1.64. The summed E-state index contributed by atoms with van der Waals surface area (Å²) in [5, 5.41) is 12.9. The number of hydrogen-bond acceptors (Lipinski definition) is 4. The number of benzene rings is 3. The second-order valence-electron chi connectivity index (χ2n) is 7.06. The Morgan fingerprint density at radius 2 is 1.90 bits per heavy atom. The van der Waals surface area contributed by atoms with Gasteiger partial charge in [0.2, 0.25) is 0 Å². The molecule has 1 amide bonds. The van der Waals surface area contributed by atoms with Crippen LogP contribution in [0.2, 0.25) is 0 Å². The van der Waals surface area contributed by atoms with E-state index in [4.69, 9.17) is 4.74 Å². The zero-order valence-corrected chi connectivity index (χ0v) is 16.7. The SMILES string of the molecule is COc1ccc2cc([C@H](C)NC(=O)c3cn(Cc4ccccc4F)nn3)ccc2c1. The summed E-state index contributed by atoms with van der Waals surface area (Å²) in [5.74, 6) is 0.147. The Morgan fingerprint density at radius 1 is 1.13 bits per heavy atom. The van der Waals surface area contributed by atoms with Gasteiger partial charge in [-0.3, -0.25) is 4.79 Å². The van der Waals surface area contributed by atoms with Gasteiger partial charge in [0.15, 0.2) is 5.69 Å². The number of amides is 1. The number of carbonyl (C=O) groups excluding carboxylic acids is 1. The molecule has 4 rings (SSSR count). The van der Waals surface area contributed by atoms with Gasteiger partial charge in [-0.1, -0.05) is 41.6 Å². The lowest BCUT2D eigenvalue weighted by Gasteiger charge is -2.14. The molecule has 3 aromatic carbocycles. The molecule has 6 nitrogen and oxygen atoms in total. The zero-order chi connectivity index (χ0) is 21.1. The molecular formula is C23H21FN4O2. The summed E-state index contributed by atoms with van der Waals surface area (Å²) in [6, 6.07) is 18.1. The van der Waals surface area contributed by atoms with Crippen LogP contribution < -0.4 is 10.1 Å². The van der Waals surface area contributed by atoms with Crippen LogP contribution in [0.3, 0.4) is 0 Å². The molecular weight excluding hydrogens is 383 g/mol. The fourth-order valence-corrected chi connectivity index (χ4v) is 3.27. The summed E-state index contributed by atoms with van der Waals surface area (Å²) in [7, 11) is 1.64. The molecule has 0 saturated carbocycles. The molecule has 0 aliphatic heterocycles. The van der Waals surface area contributed by atoms with E-state index in [2.05, 4.69) is 15.6 Å². The standard InChI is InChI=1S/C23H21FN4O2/c1-15(16-7-8-18-12-20(30-2)10-9-17(18)11-16)25-23(29)22-14-28(27-26-22)13-19-5-3-4-6-21(19)24/h3-12,14-15H,13H2,1-2H3,(H,25,29)/t15-/m0/s1. The molecule has 0 bridgehead atoms. The molecule has 0 saturated heterocycles. The van der Waals surface area contributed by atoms with Gasteiger partial charge in [0.05, 0.1) is 25.9 Å². The Morgan fingerprint density at radius 3 is 2.70 bits per heavy atom. The van der Waals surface area contributed by atoms with E-state index in [-0.39, 0.29) is 30.0 Å². The number of aromatic nitrogens is 3. The van der Waals surface area contributed by atoms with Gasteiger partial charge in [-0.05, 0) is 47.5 Å². The molecule has 0 aliphatic carbocycles.